The van der Waals surface area contributed by atoms with Crippen LogP contribution in [-0.2, 0) is 7.05 Å². The van der Waals surface area contributed by atoms with Gasteiger partial charge in [-0.3, -0.25) is 4.68 Å². The number of hydrogen-bond donors (Lipinski definition) is 1. The second kappa shape index (κ2) is 5.49. The summed E-state index contributed by atoms with van der Waals surface area (Å²) in [6, 6.07) is 6.59. The maximum Gasteiger partial charge on any atom is 0.341 e. The van der Waals surface area contributed by atoms with E-state index in [1.165, 1.54) is 5.56 Å². The predicted octanol–water partition coefficient (Wildman–Crippen LogP) is 2.65. The highest BCUT2D eigenvalue weighted by Crippen LogP contribution is 2.30. The summed E-state index contributed by atoms with van der Waals surface area (Å²) in [7, 11) is 3.73. The van der Waals surface area contributed by atoms with Crippen LogP contribution >= 0.6 is 15.9 Å². The van der Waals surface area contributed by atoms with Gasteiger partial charge in [0, 0.05) is 13.1 Å². The Hall–Kier alpha value is -1.40. The topological polar surface area (TPSA) is 52.0 Å². The van der Waals surface area contributed by atoms with Crippen LogP contribution in [0, 0.1) is 0 Å². The lowest BCUT2D eigenvalue weighted by atomic mass is 10.1. The highest BCUT2D eigenvalue weighted by molar-refractivity contribution is 9.10. The van der Waals surface area contributed by atoms with E-state index < -0.39 is 0 Å². The molecule has 0 bridgehead atoms. The van der Waals surface area contributed by atoms with Gasteiger partial charge in [-0.15, -0.1) is 5.10 Å². The number of nitrogens with zero attached hydrogens (tertiary/aromatic N) is 3. The maximum atomic E-state index is 5.59. The molecule has 0 amide bonds. The normalized spacial score (nSPS) is 12.4. The SMILES string of the molecule is CNC(C)c1ccc(Oc2ncn(C)n2)c(Br)c1. The van der Waals surface area contributed by atoms with Gasteiger partial charge in [-0.05, 0) is 47.6 Å². The zero-order valence-corrected chi connectivity index (χ0v) is 12.1. The Morgan fingerprint density at radius 2 is 2.22 bits per heavy atom. The fraction of sp³-hybridized carbons (Fsp3) is 0.333. The van der Waals surface area contributed by atoms with Gasteiger partial charge in [0.05, 0.1) is 4.47 Å². The molecule has 1 unspecified atom stereocenters. The van der Waals surface area contributed by atoms with Crippen LogP contribution in [-0.4, -0.2) is 21.8 Å². The van der Waals surface area contributed by atoms with E-state index in [0.29, 0.717) is 17.8 Å². The Kier molecular flexibility index (Phi) is 3.98. The summed E-state index contributed by atoms with van der Waals surface area (Å²) in [5.41, 5.74) is 1.19. The van der Waals surface area contributed by atoms with Crippen molar-refractivity contribution < 1.29 is 4.74 Å². The second-order valence-corrected chi connectivity index (χ2v) is 4.86. The largest absolute Gasteiger partial charge is 0.422 e. The number of aromatic nitrogens is 3. The van der Waals surface area contributed by atoms with E-state index in [4.69, 9.17) is 4.74 Å². The van der Waals surface area contributed by atoms with Crippen molar-refractivity contribution in [2.75, 3.05) is 7.05 Å². The van der Waals surface area contributed by atoms with Gasteiger partial charge >= 0.3 is 6.01 Å². The van der Waals surface area contributed by atoms with Crippen LogP contribution in [0.25, 0.3) is 0 Å². The molecule has 1 aromatic heterocycles. The lowest BCUT2D eigenvalue weighted by Crippen LogP contribution is -2.12. The standard InChI is InChI=1S/C12H15BrN4O/c1-8(14-2)9-4-5-11(10(13)6-9)18-12-15-7-17(3)16-12/h4-8,14H,1-3H3. The van der Waals surface area contributed by atoms with Gasteiger partial charge in [-0.1, -0.05) is 6.07 Å². The Bertz CT molecular complexity index is 541. The van der Waals surface area contributed by atoms with E-state index >= 15 is 0 Å². The number of hydrogen-bond acceptors (Lipinski definition) is 4. The number of benzene rings is 1. The predicted molar refractivity (Wildman–Crippen MR) is 72.7 cm³/mol. The maximum absolute atomic E-state index is 5.59. The molecule has 0 aliphatic carbocycles. The van der Waals surface area contributed by atoms with E-state index in [2.05, 4.69) is 38.3 Å². The monoisotopic (exact) mass is 310 g/mol. The number of rotatable bonds is 4. The van der Waals surface area contributed by atoms with Gasteiger partial charge in [-0.25, -0.2) is 0 Å². The third kappa shape index (κ3) is 2.88. The molecule has 0 saturated heterocycles. The Labute approximate surface area is 114 Å². The molecule has 5 nitrogen and oxygen atoms in total. The van der Waals surface area contributed by atoms with Gasteiger partial charge in [0.2, 0.25) is 0 Å². The van der Waals surface area contributed by atoms with Crippen molar-refractivity contribution in [3.05, 3.63) is 34.6 Å². The summed E-state index contributed by atoms with van der Waals surface area (Å²) < 4.78 is 8.07. The van der Waals surface area contributed by atoms with Crippen molar-refractivity contribution in [2.45, 2.75) is 13.0 Å². The number of aryl methyl sites for hydroxylation is 1. The molecule has 96 valence electrons. The number of ether oxygens (including phenoxy) is 1. The van der Waals surface area contributed by atoms with Crippen molar-refractivity contribution in [1.82, 2.24) is 20.1 Å². The third-order valence-corrected chi connectivity index (χ3v) is 3.29. The molecule has 0 aliphatic heterocycles. The van der Waals surface area contributed by atoms with Crippen LogP contribution in [0.2, 0.25) is 0 Å². The fourth-order valence-electron chi connectivity index (χ4n) is 1.50. The lowest BCUT2D eigenvalue weighted by molar-refractivity contribution is 0.436. The molecule has 1 aromatic carbocycles. The van der Waals surface area contributed by atoms with Gasteiger partial charge in [0.1, 0.15) is 12.1 Å². The van der Waals surface area contributed by atoms with Crippen molar-refractivity contribution in [3.8, 4) is 11.8 Å². The Morgan fingerprint density at radius 3 is 2.78 bits per heavy atom. The lowest BCUT2D eigenvalue weighted by Gasteiger charge is -2.12. The molecule has 1 N–H and O–H groups in total. The van der Waals surface area contributed by atoms with Gasteiger partial charge in [0.15, 0.2) is 0 Å². The second-order valence-electron chi connectivity index (χ2n) is 4.00. The smallest absolute Gasteiger partial charge is 0.341 e. The van der Waals surface area contributed by atoms with E-state index in [-0.39, 0.29) is 0 Å². The zero-order chi connectivity index (χ0) is 13.1. The minimum absolute atomic E-state index is 0.295. The van der Waals surface area contributed by atoms with E-state index in [0.717, 1.165) is 4.47 Å². The average molecular weight is 311 g/mol. The molecule has 0 fully saturated rings. The quantitative estimate of drug-likeness (QED) is 0.943. The minimum Gasteiger partial charge on any atom is -0.422 e. The molecule has 2 aromatic rings. The minimum atomic E-state index is 0.295. The van der Waals surface area contributed by atoms with Crippen LogP contribution < -0.4 is 10.1 Å². The molecule has 0 saturated carbocycles. The fourth-order valence-corrected chi connectivity index (χ4v) is 1.98. The van der Waals surface area contributed by atoms with Crippen LogP contribution in [0.3, 0.4) is 0 Å². The summed E-state index contributed by atoms with van der Waals surface area (Å²) >= 11 is 3.49. The molecule has 2 rings (SSSR count). The Balaban J connectivity index is 2.19. The van der Waals surface area contributed by atoms with E-state index in [9.17, 15) is 0 Å². The summed E-state index contributed by atoms with van der Waals surface area (Å²) in [6.07, 6.45) is 1.60. The van der Waals surface area contributed by atoms with Gasteiger partial charge < -0.3 is 10.1 Å². The molecular formula is C12H15BrN4O. The Morgan fingerprint density at radius 1 is 1.44 bits per heavy atom. The first-order chi connectivity index (χ1) is 8.60. The molecule has 1 atom stereocenters. The first-order valence-electron chi connectivity index (χ1n) is 5.60. The summed E-state index contributed by atoms with van der Waals surface area (Å²) in [4.78, 5) is 4.02. The first kappa shape index (κ1) is 13.0. The van der Waals surface area contributed by atoms with Crippen molar-refractivity contribution in [3.63, 3.8) is 0 Å². The van der Waals surface area contributed by atoms with E-state index in [1.54, 1.807) is 18.1 Å². The van der Waals surface area contributed by atoms with Crippen LogP contribution in [0.4, 0.5) is 0 Å². The zero-order valence-electron chi connectivity index (χ0n) is 10.5. The third-order valence-electron chi connectivity index (χ3n) is 2.67. The molecule has 0 radical (unpaired) electrons. The molecule has 0 spiro atoms. The van der Waals surface area contributed by atoms with Crippen LogP contribution in [0.1, 0.15) is 18.5 Å². The highest BCUT2D eigenvalue weighted by Gasteiger charge is 2.09. The number of nitrogens with one attached hydrogen (secondary N) is 1. The van der Waals surface area contributed by atoms with Crippen molar-refractivity contribution >= 4 is 15.9 Å². The van der Waals surface area contributed by atoms with Crippen LogP contribution in [0.5, 0.6) is 11.8 Å². The average Bonchev–Trinajstić information content (AvgIpc) is 2.76. The molecule has 0 aliphatic rings. The molecule has 6 heteroatoms. The summed E-state index contributed by atoms with van der Waals surface area (Å²) in [5, 5.41) is 7.26. The van der Waals surface area contributed by atoms with Gasteiger partial charge in [-0.2, -0.15) is 4.98 Å². The van der Waals surface area contributed by atoms with Crippen LogP contribution in [0.15, 0.2) is 29.0 Å². The molecule has 1 heterocycles. The summed E-state index contributed by atoms with van der Waals surface area (Å²) in [6.45, 7) is 2.10. The van der Waals surface area contributed by atoms with E-state index in [1.807, 2.05) is 25.2 Å². The number of halogens is 1. The summed E-state index contributed by atoms with van der Waals surface area (Å²) in [5.74, 6) is 0.702. The van der Waals surface area contributed by atoms with Gasteiger partial charge in [0.25, 0.3) is 0 Å². The molecular weight excluding hydrogens is 296 g/mol. The molecule has 18 heavy (non-hydrogen) atoms. The van der Waals surface area contributed by atoms with Crippen molar-refractivity contribution in [1.29, 1.82) is 0 Å². The van der Waals surface area contributed by atoms with Crippen molar-refractivity contribution in [2.24, 2.45) is 7.05 Å². The highest BCUT2D eigenvalue weighted by atomic mass is 79.9. The first-order valence-corrected chi connectivity index (χ1v) is 6.39.